The second kappa shape index (κ2) is 7.31. The van der Waals surface area contributed by atoms with E-state index in [2.05, 4.69) is 14.5 Å². The van der Waals surface area contributed by atoms with Crippen LogP contribution in [0.5, 0.6) is 0 Å². The number of aliphatic hydroxyl groups excluding tert-OH is 1. The summed E-state index contributed by atoms with van der Waals surface area (Å²) >= 11 is 0. The Kier molecular flexibility index (Phi) is 4.91. The molecule has 1 aromatic heterocycles. The van der Waals surface area contributed by atoms with Gasteiger partial charge in [-0.25, -0.2) is 9.78 Å². The molecule has 3 heterocycles. The van der Waals surface area contributed by atoms with Crippen LogP contribution in [0.4, 0.5) is 4.79 Å². The van der Waals surface area contributed by atoms with E-state index < -0.39 is 6.10 Å². The van der Waals surface area contributed by atoms with Crippen LogP contribution in [0, 0.1) is 0 Å². The van der Waals surface area contributed by atoms with Crippen molar-refractivity contribution >= 4 is 6.03 Å². The van der Waals surface area contributed by atoms with Gasteiger partial charge >= 0.3 is 6.03 Å². The zero-order chi connectivity index (χ0) is 17.2. The fraction of sp³-hybridized carbons (Fsp3) is 0.765. The van der Waals surface area contributed by atoms with Crippen LogP contribution in [0.1, 0.15) is 24.6 Å². The van der Waals surface area contributed by atoms with Crippen molar-refractivity contribution in [1.29, 1.82) is 0 Å². The van der Waals surface area contributed by atoms with Crippen molar-refractivity contribution in [3.8, 4) is 0 Å². The summed E-state index contributed by atoms with van der Waals surface area (Å²) in [5.41, 5.74) is 1.20. The highest BCUT2D eigenvalue weighted by Gasteiger charge is 2.30. The molecule has 1 aromatic rings. The summed E-state index contributed by atoms with van der Waals surface area (Å²) in [7, 11) is 0. The Morgan fingerprint density at radius 1 is 1.16 bits per heavy atom. The van der Waals surface area contributed by atoms with E-state index >= 15 is 0 Å². The minimum absolute atomic E-state index is 0.0206. The van der Waals surface area contributed by atoms with Crippen molar-refractivity contribution in [3.63, 3.8) is 0 Å². The Hall–Kier alpha value is -1.64. The monoisotopic (exact) mass is 349 g/mol. The molecule has 3 fully saturated rings. The number of nitrogens with zero attached hydrogens (tertiary/aromatic N) is 5. The number of urea groups is 1. The third-order valence-electron chi connectivity index (χ3n) is 5.21. The van der Waals surface area contributed by atoms with Gasteiger partial charge in [0.25, 0.3) is 0 Å². The Balaban J connectivity index is 1.37. The number of aliphatic hydroxyl groups is 1. The number of rotatable bonds is 3. The van der Waals surface area contributed by atoms with Gasteiger partial charge in [-0.2, -0.15) is 0 Å². The largest absolute Gasteiger partial charge is 0.390 e. The summed E-state index contributed by atoms with van der Waals surface area (Å²) in [5.74, 6) is 0. The molecule has 8 heteroatoms. The van der Waals surface area contributed by atoms with E-state index in [9.17, 15) is 9.90 Å². The molecule has 0 unspecified atom stereocenters. The van der Waals surface area contributed by atoms with Gasteiger partial charge < -0.3 is 24.2 Å². The molecule has 0 aromatic carbocycles. The van der Waals surface area contributed by atoms with Crippen molar-refractivity contribution in [2.75, 3.05) is 52.5 Å². The molecule has 0 bridgehead atoms. The zero-order valence-corrected chi connectivity index (χ0v) is 14.6. The van der Waals surface area contributed by atoms with E-state index in [0.29, 0.717) is 52.0 Å². The van der Waals surface area contributed by atoms with Crippen LogP contribution in [-0.4, -0.2) is 94.0 Å². The predicted octanol–water partition coefficient (Wildman–Crippen LogP) is 0.149. The second-order valence-corrected chi connectivity index (χ2v) is 7.24. The van der Waals surface area contributed by atoms with Gasteiger partial charge in [0, 0.05) is 58.1 Å². The lowest BCUT2D eigenvalue weighted by Crippen LogP contribution is -2.50. The first-order valence-corrected chi connectivity index (χ1v) is 9.23. The van der Waals surface area contributed by atoms with Gasteiger partial charge in [0.15, 0.2) is 0 Å². The first-order valence-electron chi connectivity index (χ1n) is 9.23. The number of amides is 2. The third kappa shape index (κ3) is 3.96. The number of hydrogen-bond acceptors (Lipinski definition) is 5. The maximum atomic E-state index is 12.7. The second-order valence-electron chi connectivity index (χ2n) is 7.24. The maximum absolute atomic E-state index is 12.7. The van der Waals surface area contributed by atoms with Crippen molar-refractivity contribution in [3.05, 3.63) is 18.2 Å². The Morgan fingerprint density at radius 3 is 2.72 bits per heavy atom. The van der Waals surface area contributed by atoms with E-state index in [0.717, 1.165) is 13.1 Å². The fourth-order valence-electron chi connectivity index (χ4n) is 3.69. The molecule has 138 valence electrons. The molecule has 1 atom stereocenters. The number of aromatic nitrogens is 2. The summed E-state index contributed by atoms with van der Waals surface area (Å²) in [5, 5.41) is 10.4. The van der Waals surface area contributed by atoms with Crippen LogP contribution in [0.3, 0.4) is 0 Å². The third-order valence-corrected chi connectivity index (χ3v) is 5.21. The Morgan fingerprint density at radius 2 is 1.96 bits per heavy atom. The number of hydrogen-bond donors (Lipinski definition) is 1. The predicted molar refractivity (Wildman–Crippen MR) is 91.1 cm³/mol. The van der Waals surface area contributed by atoms with Gasteiger partial charge in [-0.1, -0.05) is 0 Å². The molecule has 25 heavy (non-hydrogen) atoms. The van der Waals surface area contributed by atoms with Crippen LogP contribution in [0.25, 0.3) is 0 Å². The first-order chi connectivity index (χ1) is 12.2. The van der Waals surface area contributed by atoms with E-state index in [4.69, 9.17) is 4.74 Å². The van der Waals surface area contributed by atoms with Gasteiger partial charge in [0.2, 0.25) is 0 Å². The average Bonchev–Trinajstić information content (AvgIpc) is 3.40. The molecule has 2 amide bonds. The summed E-state index contributed by atoms with van der Waals surface area (Å²) in [6.45, 7) is 5.63. The maximum Gasteiger partial charge on any atom is 0.320 e. The molecular formula is C17H27N5O3. The molecular weight excluding hydrogens is 322 g/mol. The van der Waals surface area contributed by atoms with Gasteiger partial charge in [-0.05, 0) is 12.8 Å². The van der Waals surface area contributed by atoms with Gasteiger partial charge in [-0.3, -0.25) is 4.90 Å². The van der Waals surface area contributed by atoms with E-state index in [-0.39, 0.29) is 6.03 Å². The molecule has 1 N–H and O–H groups in total. The Bertz CT molecular complexity index is 597. The van der Waals surface area contributed by atoms with Crippen LogP contribution >= 0.6 is 0 Å². The lowest BCUT2D eigenvalue weighted by Gasteiger charge is -2.32. The topological polar surface area (TPSA) is 74.1 Å². The van der Waals surface area contributed by atoms with Gasteiger partial charge in [0.1, 0.15) is 0 Å². The SMILES string of the molecule is O=C(N1CCOCC1)N1CCN(Cc2cncn2C2CC2)C[C@@H](O)C1. The average molecular weight is 349 g/mol. The first kappa shape index (κ1) is 16.8. The van der Waals surface area contributed by atoms with Gasteiger partial charge in [-0.15, -0.1) is 0 Å². The molecule has 8 nitrogen and oxygen atoms in total. The van der Waals surface area contributed by atoms with E-state index in [1.165, 1.54) is 18.5 Å². The molecule has 0 spiro atoms. The summed E-state index contributed by atoms with van der Waals surface area (Å²) < 4.78 is 7.57. The number of β-amino-alcohol motifs (C(OH)–C–C–N with tert-alkyl or cyclic N) is 1. The summed E-state index contributed by atoms with van der Waals surface area (Å²) in [6, 6.07) is 0.626. The van der Waals surface area contributed by atoms with Crippen LogP contribution in [0.15, 0.2) is 12.5 Å². The lowest BCUT2D eigenvalue weighted by molar-refractivity contribution is 0.0398. The standard InChI is InChI=1S/C17H27N5O3/c23-16-11-19(10-15-9-18-13-22(15)14-1-2-14)3-4-21(12-16)17(24)20-5-7-25-8-6-20/h9,13-14,16,23H,1-8,10-12H2/t16-/m1/s1. The van der Waals surface area contributed by atoms with Crippen molar-refractivity contribution in [2.24, 2.45) is 0 Å². The Labute approximate surface area is 148 Å². The van der Waals surface area contributed by atoms with Crippen LogP contribution in [0.2, 0.25) is 0 Å². The normalized spacial score (nSPS) is 25.9. The van der Waals surface area contributed by atoms with Crippen molar-refractivity contribution < 1.29 is 14.6 Å². The van der Waals surface area contributed by atoms with Crippen LogP contribution < -0.4 is 0 Å². The minimum Gasteiger partial charge on any atom is -0.390 e. The summed E-state index contributed by atoms with van der Waals surface area (Å²) in [6.07, 6.45) is 5.77. The highest BCUT2D eigenvalue weighted by molar-refractivity contribution is 5.74. The van der Waals surface area contributed by atoms with Crippen molar-refractivity contribution in [1.82, 2.24) is 24.3 Å². The molecule has 4 rings (SSSR count). The number of morpholine rings is 1. The highest BCUT2D eigenvalue weighted by Crippen LogP contribution is 2.35. The number of carbonyl (C=O) groups is 1. The molecule has 2 aliphatic heterocycles. The van der Waals surface area contributed by atoms with E-state index in [1.807, 2.05) is 17.4 Å². The minimum atomic E-state index is -0.523. The smallest absolute Gasteiger partial charge is 0.320 e. The zero-order valence-electron chi connectivity index (χ0n) is 14.6. The van der Waals surface area contributed by atoms with E-state index in [1.54, 1.807) is 4.90 Å². The molecule has 3 aliphatic rings. The fourth-order valence-corrected chi connectivity index (χ4v) is 3.69. The molecule has 0 radical (unpaired) electrons. The molecule has 2 saturated heterocycles. The van der Waals surface area contributed by atoms with Crippen LogP contribution in [-0.2, 0) is 11.3 Å². The molecule has 1 saturated carbocycles. The lowest BCUT2D eigenvalue weighted by atomic mass is 10.3. The van der Waals surface area contributed by atoms with Crippen molar-refractivity contribution in [2.45, 2.75) is 31.5 Å². The number of carbonyl (C=O) groups excluding carboxylic acids is 1. The summed E-state index contributed by atoms with van der Waals surface area (Å²) in [4.78, 5) is 22.8. The van der Waals surface area contributed by atoms with Gasteiger partial charge in [0.05, 0.1) is 31.3 Å². The number of imidazole rings is 1. The number of ether oxygens (including phenoxy) is 1. The molecule has 1 aliphatic carbocycles. The highest BCUT2D eigenvalue weighted by atomic mass is 16.5. The quantitative estimate of drug-likeness (QED) is 0.841.